The van der Waals surface area contributed by atoms with E-state index >= 15 is 0 Å². The van der Waals surface area contributed by atoms with Crippen LogP contribution in [0, 0.1) is 5.92 Å². The third-order valence-corrected chi connectivity index (χ3v) is 5.76. The number of halogens is 4. The third kappa shape index (κ3) is 4.98. The van der Waals surface area contributed by atoms with E-state index in [4.69, 9.17) is 17.3 Å². The average Bonchev–Trinajstić information content (AvgIpc) is 3.26. The van der Waals surface area contributed by atoms with Crippen molar-refractivity contribution >= 4 is 34.9 Å². The fourth-order valence-electron chi connectivity index (χ4n) is 3.83. The molecular weight excluding hydrogens is 473 g/mol. The summed E-state index contributed by atoms with van der Waals surface area (Å²) in [5, 5.41) is 6.56. The molecule has 3 heterocycles. The number of carbonyl (C=O) groups excluding carboxylic acids is 2. The van der Waals surface area contributed by atoms with Gasteiger partial charge < -0.3 is 16.0 Å². The monoisotopic (exact) mass is 492 g/mol. The fraction of sp³-hybridized carbons (Fsp3) is 0.273. The first-order valence-electron chi connectivity index (χ1n) is 10.4. The highest BCUT2D eigenvalue weighted by Crippen LogP contribution is 2.34. The number of nitrogens with two attached hydrogens (primary N) is 1. The molecule has 1 fully saturated rings. The summed E-state index contributed by atoms with van der Waals surface area (Å²) in [4.78, 5) is 30.4. The molecule has 4 rings (SSSR count). The Balaban J connectivity index is 1.54. The minimum atomic E-state index is -4.84. The molecule has 1 aromatic carbocycles. The van der Waals surface area contributed by atoms with E-state index in [0.717, 1.165) is 12.6 Å². The van der Waals surface area contributed by atoms with Crippen molar-refractivity contribution in [3.05, 3.63) is 65.1 Å². The number of nitrogens with one attached hydrogen (secondary N) is 1. The largest absolute Gasteiger partial charge is 0.434 e. The number of amides is 2. The highest BCUT2D eigenvalue weighted by molar-refractivity contribution is 6.30. The molecule has 34 heavy (non-hydrogen) atoms. The molecule has 3 N–H and O–H groups in total. The Morgan fingerprint density at radius 2 is 1.85 bits per heavy atom. The standard InChI is InChI=1S/C22H20ClF3N6O2/c23-14-3-6-16(7-4-14)32-19(22(24,25)26)17(11-29-32)21(34)30-15-5-8-18(28-10-15)31-9-1-2-13(12-31)20(27)33/h3-8,10-11,13H,1-2,9,12H2,(H2,27,33)(H,30,34). The van der Waals surface area contributed by atoms with Gasteiger partial charge in [0.1, 0.15) is 5.82 Å². The topological polar surface area (TPSA) is 106 Å². The second-order valence-electron chi connectivity index (χ2n) is 7.84. The molecule has 0 radical (unpaired) electrons. The van der Waals surface area contributed by atoms with Gasteiger partial charge in [0.05, 0.1) is 35.2 Å². The van der Waals surface area contributed by atoms with Crippen LogP contribution in [0.4, 0.5) is 24.7 Å². The van der Waals surface area contributed by atoms with Crippen molar-refractivity contribution in [3.63, 3.8) is 0 Å². The van der Waals surface area contributed by atoms with Gasteiger partial charge in [-0.2, -0.15) is 18.3 Å². The Kier molecular flexibility index (Phi) is 6.47. The summed E-state index contributed by atoms with van der Waals surface area (Å²) in [5.74, 6) is -1.04. The lowest BCUT2D eigenvalue weighted by Gasteiger charge is -2.32. The first-order chi connectivity index (χ1) is 16.1. The Labute approximate surface area is 197 Å². The second kappa shape index (κ2) is 9.34. The maximum atomic E-state index is 13.8. The van der Waals surface area contributed by atoms with E-state index < -0.39 is 23.3 Å². The van der Waals surface area contributed by atoms with Gasteiger partial charge in [0, 0.05) is 18.1 Å². The molecule has 178 valence electrons. The minimum absolute atomic E-state index is 0.109. The summed E-state index contributed by atoms with van der Waals surface area (Å²) in [6, 6.07) is 8.77. The van der Waals surface area contributed by atoms with E-state index in [0.29, 0.717) is 35.0 Å². The van der Waals surface area contributed by atoms with Gasteiger partial charge in [-0.3, -0.25) is 9.59 Å². The van der Waals surface area contributed by atoms with Crippen molar-refractivity contribution < 1.29 is 22.8 Å². The lowest BCUT2D eigenvalue weighted by molar-refractivity contribution is -0.143. The normalized spacial score (nSPS) is 16.4. The van der Waals surface area contributed by atoms with Crippen molar-refractivity contribution in [1.82, 2.24) is 14.8 Å². The average molecular weight is 493 g/mol. The van der Waals surface area contributed by atoms with Crippen LogP contribution in [-0.2, 0) is 11.0 Å². The van der Waals surface area contributed by atoms with Crippen molar-refractivity contribution in [2.24, 2.45) is 11.7 Å². The van der Waals surface area contributed by atoms with Crippen LogP contribution in [0.25, 0.3) is 5.69 Å². The molecular formula is C22H20ClF3N6O2. The first-order valence-corrected chi connectivity index (χ1v) is 10.7. The molecule has 0 bridgehead atoms. The van der Waals surface area contributed by atoms with Crippen molar-refractivity contribution in [2.45, 2.75) is 19.0 Å². The molecule has 1 unspecified atom stereocenters. The molecule has 1 saturated heterocycles. The SMILES string of the molecule is NC(=O)C1CCCN(c2ccc(NC(=O)c3cnn(-c4ccc(Cl)cc4)c3C(F)(F)F)cn2)C1. The molecule has 2 amide bonds. The smallest absolute Gasteiger partial charge is 0.369 e. The summed E-state index contributed by atoms with van der Waals surface area (Å²) in [6.45, 7) is 1.13. The van der Waals surface area contributed by atoms with Crippen molar-refractivity contribution in [2.75, 3.05) is 23.3 Å². The molecule has 8 nitrogen and oxygen atoms in total. The predicted molar refractivity (Wildman–Crippen MR) is 120 cm³/mol. The molecule has 2 aromatic heterocycles. The van der Waals surface area contributed by atoms with Gasteiger partial charge in [0.2, 0.25) is 5.91 Å². The van der Waals surface area contributed by atoms with Crippen molar-refractivity contribution in [1.29, 1.82) is 0 Å². The highest BCUT2D eigenvalue weighted by Gasteiger charge is 2.40. The Bertz CT molecular complexity index is 1190. The second-order valence-corrected chi connectivity index (χ2v) is 8.28. The third-order valence-electron chi connectivity index (χ3n) is 5.51. The zero-order valence-corrected chi connectivity index (χ0v) is 18.5. The number of nitrogens with zero attached hydrogens (tertiary/aromatic N) is 4. The Hall–Kier alpha value is -3.60. The van der Waals surface area contributed by atoms with Gasteiger partial charge in [0.15, 0.2) is 5.69 Å². The van der Waals surface area contributed by atoms with Crippen LogP contribution in [0.3, 0.4) is 0 Å². The maximum absolute atomic E-state index is 13.8. The number of rotatable bonds is 5. The molecule has 3 aromatic rings. The summed E-state index contributed by atoms with van der Waals surface area (Å²) >= 11 is 5.81. The lowest BCUT2D eigenvalue weighted by atomic mass is 9.97. The molecule has 0 saturated carbocycles. The Morgan fingerprint density at radius 3 is 2.47 bits per heavy atom. The molecule has 12 heteroatoms. The zero-order chi connectivity index (χ0) is 24.5. The lowest BCUT2D eigenvalue weighted by Crippen LogP contribution is -2.41. The number of hydrogen-bond acceptors (Lipinski definition) is 5. The van der Waals surface area contributed by atoms with Gasteiger partial charge in [0.25, 0.3) is 5.91 Å². The number of primary amides is 1. The molecule has 0 aliphatic carbocycles. The van der Waals surface area contributed by atoms with E-state index in [1.807, 2.05) is 4.90 Å². The van der Waals surface area contributed by atoms with Gasteiger partial charge in [-0.1, -0.05) is 11.6 Å². The molecule has 1 atom stereocenters. The van der Waals surface area contributed by atoms with Crippen molar-refractivity contribution in [3.8, 4) is 5.69 Å². The number of pyridine rings is 1. The molecule has 1 aliphatic rings. The van der Waals surface area contributed by atoms with Crippen LogP contribution in [0.15, 0.2) is 48.8 Å². The van der Waals surface area contributed by atoms with Gasteiger partial charge in [-0.25, -0.2) is 9.67 Å². The number of aromatic nitrogens is 3. The summed E-state index contributed by atoms with van der Waals surface area (Å²) in [6.07, 6.45) is -1.13. The van der Waals surface area contributed by atoms with Crippen LogP contribution < -0.4 is 16.0 Å². The van der Waals surface area contributed by atoms with Crippen LogP contribution in [-0.4, -0.2) is 39.7 Å². The van der Waals surface area contributed by atoms with Gasteiger partial charge in [-0.05, 0) is 49.2 Å². The summed E-state index contributed by atoms with van der Waals surface area (Å²) in [7, 11) is 0. The van der Waals surface area contributed by atoms with Crippen LogP contribution >= 0.6 is 11.6 Å². The van der Waals surface area contributed by atoms with Crippen LogP contribution in [0.2, 0.25) is 5.02 Å². The highest BCUT2D eigenvalue weighted by atomic mass is 35.5. The van der Waals surface area contributed by atoms with Gasteiger partial charge >= 0.3 is 6.18 Å². The number of anilines is 2. The number of carbonyl (C=O) groups is 2. The predicted octanol–water partition coefficient (Wildman–Crippen LogP) is 3.89. The van der Waals surface area contributed by atoms with Gasteiger partial charge in [-0.15, -0.1) is 0 Å². The fourth-order valence-corrected chi connectivity index (χ4v) is 3.95. The quantitative estimate of drug-likeness (QED) is 0.562. The van der Waals surface area contributed by atoms with E-state index in [1.165, 1.54) is 36.5 Å². The number of alkyl halides is 3. The molecule has 1 aliphatic heterocycles. The maximum Gasteiger partial charge on any atom is 0.434 e. The minimum Gasteiger partial charge on any atom is -0.369 e. The molecule has 0 spiro atoms. The zero-order valence-electron chi connectivity index (χ0n) is 17.7. The summed E-state index contributed by atoms with van der Waals surface area (Å²) in [5.41, 5.74) is 3.89. The van der Waals surface area contributed by atoms with E-state index in [9.17, 15) is 22.8 Å². The van der Waals surface area contributed by atoms with Crippen LogP contribution in [0.5, 0.6) is 0 Å². The number of hydrogen-bond donors (Lipinski definition) is 2. The summed E-state index contributed by atoms with van der Waals surface area (Å²) < 4.78 is 42.2. The van der Waals surface area contributed by atoms with E-state index in [-0.39, 0.29) is 23.2 Å². The number of benzene rings is 1. The number of piperidine rings is 1. The van der Waals surface area contributed by atoms with E-state index in [2.05, 4.69) is 15.4 Å². The first kappa shape index (κ1) is 23.6. The van der Waals surface area contributed by atoms with Crippen LogP contribution in [0.1, 0.15) is 28.9 Å². The van der Waals surface area contributed by atoms with E-state index in [1.54, 1.807) is 6.07 Å². The Morgan fingerprint density at radius 1 is 1.12 bits per heavy atom.